The summed E-state index contributed by atoms with van der Waals surface area (Å²) in [5.41, 5.74) is 0.138. The van der Waals surface area contributed by atoms with Gasteiger partial charge in [-0.05, 0) is 30.5 Å². The van der Waals surface area contributed by atoms with Crippen molar-refractivity contribution in [3.63, 3.8) is 0 Å². The highest BCUT2D eigenvalue weighted by atomic mass is 32.1. The fourth-order valence-electron chi connectivity index (χ4n) is 1.88. The third-order valence-electron chi connectivity index (χ3n) is 2.74. The van der Waals surface area contributed by atoms with E-state index in [4.69, 9.17) is 9.15 Å². The smallest absolute Gasteiger partial charge is 0.361 e. The van der Waals surface area contributed by atoms with E-state index in [9.17, 15) is 9.18 Å². The van der Waals surface area contributed by atoms with Gasteiger partial charge in [-0.15, -0.1) is 11.3 Å². The monoisotopic (exact) mass is 291 g/mol. The number of halogens is 1. The highest BCUT2D eigenvalue weighted by molar-refractivity contribution is 7.22. The molecule has 0 unspecified atom stereocenters. The number of ether oxygens (including phenoxy) is 1. The lowest BCUT2D eigenvalue weighted by Gasteiger charge is -1.98. The second kappa shape index (κ2) is 5.05. The van der Waals surface area contributed by atoms with Crippen LogP contribution in [0.15, 0.2) is 35.1 Å². The molecule has 2 heterocycles. The summed E-state index contributed by atoms with van der Waals surface area (Å²) in [6.45, 7) is 1.99. The van der Waals surface area contributed by atoms with Gasteiger partial charge in [0.25, 0.3) is 0 Å². The van der Waals surface area contributed by atoms with Crippen LogP contribution in [0.4, 0.5) is 4.39 Å². The van der Waals surface area contributed by atoms with Crippen molar-refractivity contribution in [3.8, 4) is 10.6 Å². The summed E-state index contributed by atoms with van der Waals surface area (Å²) in [5.74, 6) is -0.473. The number of hydrogen-bond acceptors (Lipinski definition) is 5. The molecule has 0 aliphatic rings. The molecule has 0 radical (unpaired) electrons. The van der Waals surface area contributed by atoms with Crippen LogP contribution in [0.1, 0.15) is 17.4 Å². The topological polar surface area (TPSA) is 52.3 Å². The molecule has 0 N–H and O–H groups in total. The number of rotatable bonds is 3. The molecule has 6 heteroatoms. The maximum atomic E-state index is 13.2. The van der Waals surface area contributed by atoms with Crippen molar-refractivity contribution in [2.45, 2.75) is 6.92 Å². The predicted molar refractivity (Wildman–Crippen MR) is 73.2 cm³/mol. The third kappa shape index (κ3) is 2.18. The van der Waals surface area contributed by atoms with Gasteiger partial charge in [-0.2, -0.15) is 0 Å². The Kier molecular flexibility index (Phi) is 3.23. The van der Waals surface area contributed by atoms with Gasteiger partial charge < -0.3 is 9.15 Å². The number of fused-ring (bicyclic) bond motifs is 1. The zero-order valence-corrected chi connectivity index (χ0v) is 11.4. The average molecular weight is 291 g/mol. The standard InChI is InChI=1S/C14H10FNO3S/c1-2-18-14(17)12-13(19-7-16-12)11-5-8-3-4-9(15)6-10(8)20-11/h3-7H,2H2,1H3. The van der Waals surface area contributed by atoms with Crippen LogP contribution in [0.25, 0.3) is 20.7 Å². The molecule has 3 aromatic rings. The first-order chi connectivity index (χ1) is 9.69. The maximum Gasteiger partial charge on any atom is 0.361 e. The number of benzene rings is 1. The summed E-state index contributed by atoms with van der Waals surface area (Å²) < 4.78 is 24.2. The molecule has 2 aromatic heterocycles. The van der Waals surface area contributed by atoms with Gasteiger partial charge in [0.15, 0.2) is 17.8 Å². The molecule has 3 rings (SSSR count). The van der Waals surface area contributed by atoms with Gasteiger partial charge in [0.2, 0.25) is 0 Å². The largest absolute Gasteiger partial charge is 0.461 e. The van der Waals surface area contributed by atoms with Crippen LogP contribution < -0.4 is 0 Å². The quantitative estimate of drug-likeness (QED) is 0.687. The van der Waals surface area contributed by atoms with Gasteiger partial charge in [0.1, 0.15) is 5.82 Å². The molecule has 0 atom stereocenters. The van der Waals surface area contributed by atoms with Crippen LogP contribution in [0.5, 0.6) is 0 Å². The average Bonchev–Trinajstić information content (AvgIpc) is 3.04. The van der Waals surface area contributed by atoms with Crippen molar-refractivity contribution < 1.29 is 18.3 Å². The molecule has 20 heavy (non-hydrogen) atoms. The summed E-state index contributed by atoms with van der Waals surface area (Å²) in [4.78, 5) is 16.4. The number of thiophene rings is 1. The molecule has 4 nitrogen and oxygen atoms in total. The minimum absolute atomic E-state index is 0.138. The van der Waals surface area contributed by atoms with E-state index in [1.54, 1.807) is 13.0 Å². The fraction of sp³-hybridized carbons (Fsp3) is 0.143. The van der Waals surface area contributed by atoms with Gasteiger partial charge in [-0.1, -0.05) is 6.07 Å². The minimum Gasteiger partial charge on any atom is -0.461 e. The zero-order chi connectivity index (χ0) is 14.1. The Bertz CT molecular complexity index is 778. The molecule has 0 bridgehead atoms. The van der Waals surface area contributed by atoms with Crippen molar-refractivity contribution in [1.29, 1.82) is 0 Å². The fourth-order valence-corrected chi connectivity index (χ4v) is 2.96. The molecule has 0 spiro atoms. The summed E-state index contributed by atoms with van der Waals surface area (Å²) in [7, 11) is 0. The van der Waals surface area contributed by atoms with E-state index in [0.717, 1.165) is 10.1 Å². The summed E-state index contributed by atoms with van der Waals surface area (Å²) in [5, 5.41) is 0.887. The summed E-state index contributed by atoms with van der Waals surface area (Å²) in [6, 6.07) is 6.36. The van der Waals surface area contributed by atoms with Crippen LogP contribution in [0.2, 0.25) is 0 Å². The highest BCUT2D eigenvalue weighted by Gasteiger charge is 2.21. The second-order valence-electron chi connectivity index (χ2n) is 4.04. The molecule has 1 aromatic carbocycles. The SMILES string of the molecule is CCOC(=O)c1ncoc1-c1cc2ccc(F)cc2s1. The number of carbonyl (C=O) groups excluding carboxylic acids is 1. The van der Waals surface area contributed by atoms with E-state index in [2.05, 4.69) is 4.98 Å². The Hall–Kier alpha value is -2.21. The van der Waals surface area contributed by atoms with E-state index < -0.39 is 5.97 Å². The maximum absolute atomic E-state index is 13.2. The summed E-state index contributed by atoms with van der Waals surface area (Å²) >= 11 is 1.34. The molecular weight excluding hydrogens is 281 g/mol. The molecular formula is C14H10FNO3S. The first kappa shape index (κ1) is 12.8. The Balaban J connectivity index is 2.07. The van der Waals surface area contributed by atoms with Crippen LogP contribution in [0.3, 0.4) is 0 Å². The van der Waals surface area contributed by atoms with Crippen LogP contribution >= 0.6 is 11.3 Å². The molecule has 102 valence electrons. The van der Waals surface area contributed by atoms with E-state index >= 15 is 0 Å². The van der Waals surface area contributed by atoms with Gasteiger partial charge in [-0.3, -0.25) is 0 Å². The number of carbonyl (C=O) groups is 1. The lowest BCUT2D eigenvalue weighted by Crippen LogP contribution is -2.05. The highest BCUT2D eigenvalue weighted by Crippen LogP contribution is 2.35. The van der Waals surface area contributed by atoms with Gasteiger partial charge in [-0.25, -0.2) is 14.2 Å². The molecule has 0 saturated carbocycles. The van der Waals surface area contributed by atoms with Crippen LogP contribution in [-0.4, -0.2) is 17.6 Å². The molecule has 0 saturated heterocycles. The lowest BCUT2D eigenvalue weighted by molar-refractivity contribution is 0.0520. The first-order valence-electron chi connectivity index (χ1n) is 5.99. The first-order valence-corrected chi connectivity index (χ1v) is 6.80. The molecule has 0 aliphatic carbocycles. The van der Waals surface area contributed by atoms with Gasteiger partial charge in [0, 0.05) is 4.70 Å². The predicted octanol–water partition coefficient (Wildman–Crippen LogP) is 3.87. The van der Waals surface area contributed by atoms with E-state index in [-0.39, 0.29) is 18.1 Å². The third-order valence-corrected chi connectivity index (χ3v) is 3.84. The Morgan fingerprint density at radius 3 is 3.10 bits per heavy atom. The van der Waals surface area contributed by atoms with Crippen LogP contribution in [0, 0.1) is 5.82 Å². The number of esters is 1. The molecule has 0 fully saturated rings. The lowest BCUT2D eigenvalue weighted by atomic mass is 10.2. The van der Waals surface area contributed by atoms with E-state index in [1.165, 1.54) is 29.9 Å². The van der Waals surface area contributed by atoms with Crippen molar-refractivity contribution in [2.75, 3.05) is 6.61 Å². The van der Waals surface area contributed by atoms with E-state index in [0.29, 0.717) is 10.6 Å². The minimum atomic E-state index is -0.528. The van der Waals surface area contributed by atoms with Crippen molar-refractivity contribution in [1.82, 2.24) is 4.98 Å². The van der Waals surface area contributed by atoms with Crippen molar-refractivity contribution in [3.05, 3.63) is 42.2 Å². The van der Waals surface area contributed by atoms with Crippen molar-refractivity contribution in [2.24, 2.45) is 0 Å². The Morgan fingerprint density at radius 1 is 1.45 bits per heavy atom. The van der Waals surface area contributed by atoms with Crippen molar-refractivity contribution >= 4 is 27.4 Å². The summed E-state index contributed by atoms with van der Waals surface area (Å²) in [6.07, 6.45) is 1.20. The molecule has 0 amide bonds. The number of aromatic nitrogens is 1. The second-order valence-corrected chi connectivity index (χ2v) is 5.13. The van der Waals surface area contributed by atoms with Crippen LogP contribution in [-0.2, 0) is 4.74 Å². The van der Waals surface area contributed by atoms with Gasteiger partial charge in [0.05, 0.1) is 11.5 Å². The Morgan fingerprint density at radius 2 is 2.30 bits per heavy atom. The van der Waals surface area contributed by atoms with Gasteiger partial charge >= 0.3 is 5.97 Å². The molecule has 0 aliphatic heterocycles. The number of hydrogen-bond donors (Lipinski definition) is 0. The zero-order valence-electron chi connectivity index (χ0n) is 10.6. The Labute approximate surface area is 117 Å². The normalized spacial score (nSPS) is 10.9. The van der Waals surface area contributed by atoms with E-state index in [1.807, 2.05) is 6.07 Å². The number of nitrogens with zero attached hydrogens (tertiary/aromatic N) is 1. The number of oxazole rings is 1.